The van der Waals surface area contributed by atoms with Crippen molar-refractivity contribution in [2.75, 3.05) is 5.32 Å². The molecule has 25 heavy (non-hydrogen) atoms. The average Bonchev–Trinajstić information content (AvgIpc) is 2.85. The Hall–Kier alpha value is -3.04. The molecule has 0 atom stereocenters. The summed E-state index contributed by atoms with van der Waals surface area (Å²) in [6, 6.07) is 9.58. The Morgan fingerprint density at radius 1 is 1.28 bits per heavy atom. The molecule has 1 heterocycles. The third-order valence-electron chi connectivity index (χ3n) is 3.21. The third-order valence-corrected chi connectivity index (χ3v) is 4.78. The maximum absolute atomic E-state index is 11.9. The average molecular weight is 381 g/mol. The Kier molecular flexibility index (Phi) is 4.34. The molecule has 3 N–H and O–H groups in total. The molecule has 3 rings (SSSR count). The second-order valence-corrected chi connectivity index (χ2v) is 6.17. The first-order valence-electron chi connectivity index (χ1n) is 6.73. The number of nitrogens with one attached hydrogen (secondary N) is 1. The van der Waals surface area contributed by atoms with Crippen molar-refractivity contribution in [1.82, 2.24) is 0 Å². The highest BCUT2D eigenvalue weighted by atomic mass is 35.5. The number of benzene rings is 2. The number of phenols is 2. The zero-order valence-electron chi connectivity index (χ0n) is 12.2. The van der Waals surface area contributed by atoms with Crippen LogP contribution in [0.1, 0.15) is 0 Å². The van der Waals surface area contributed by atoms with Crippen LogP contribution in [-0.2, 0) is 0 Å². The Morgan fingerprint density at radius 2 is 1.96 bits per heavy atom. The SMILES string of the molecule is O=C(Nc1ccccc1)Oc1sc2c([N+](=O)[O-])c(O)c(O)cc2c1Cl. The number of thiophene rings is 1. The summed E-state index contributed by atoms with van der Waals surface area (Å²) in [5, 5.41) is 32.9. The topological polar surface area (TPSA) is 122 Å². The van der Waals surface area contributed by atoms with Gasteiger partial charge >= 0.3 is 11.8 Å². The molecule has 3 aromatic rings. The molecule has 0 aliphatic carbocycles. The summed E-state index contributed by atoms with van der Waals surface area (Å²) >= 11 is 6.81. The minimum absolute atomic E-state index is 0.0205. The first-order valence-corrected chi connectivity index (χ1v) is 7.93. The molecule has 0 saturated heterocycles. The molecule has 0 spiro atoms. The number of carbonyl (C=O) groups is 1. The fourth-order valence-corrected chi connectivity index (χ4v) is 3.53. The number of carbonyl (C=O) groups excluding carboxylic acids is 1. The van der Waals surface area contributed by atoms with Crippen molar-refractivity contribution in [3.8, 4) is 16.6 Å². The second-order valence-electron chi connectivity index (χ2n) is 4.81. The van der Waals surface area contributed by atoms with Gasteiger partial charge in [0.25, 0.3) is 0 Å². The molecule has 0 aliphatic rings. The van der Waals surface area contributed by atoms with E-state index in [2.05, 4.69) is 5.32 Å². The van der Waals surface area contributed by atoms with E-state index in [1.165, 1.54) is 0 Å². The number of halogens is 1. The van der Waals surface area contributed by atoms with Gasteiger partial charge in [-0.05, 0) is 18.2 Å². The monoisotopic (exact) mass is 380 g/mol. The summed E-state index contributed by atoms with van der Waals surface area (Å²) in [5.74, 6) is -1.57. The zero-order valence-corrected chi connectivity index (χ0v) is 13.8. The zero-order chi connectivity index (χ0) is 18.1. The Morgan fingerprint density at radius 3 is 2.60 bits per heavy atom. The number of nitro benzene ring substituents is 1. The lowest BCUT2D eigenvalue weighted by molar-refractivity contribution is -0.383. The lowest BCUT2D eigenvalue weighted by Gasteiger charge is -2.04. The number of hydrogen-bond acceptors (Lipinski definition) is 7. The number of ether oxygens (including phenoxy) is 1. The van der Waals surface area contributed by atoms with Crippen molar-refractivity contribution in [2.45, 2.75) is 0 Å². The highest BCUT2D eigenvalue weighted by Gasteiger charge is 2.28. The molecule has 0 bridgehead atoms. The van der Waals surface area contributed by atoms with Crippen LogP contribution in [0.4, 0.5) is 16.2 Å². The summed E-state index contributed by atoms with van der Waals surface area (Å²) in [7, 11) is 0. The van der Waals surface area contributed by atoms with E-state index in [1.807, 2.05) is 0 Å². The van der Waals surface area contributed by atoms with Crippen LogP contribution in [-0.4, -0.2) is 21.2 Å². The van der Waals surface area contributed by atoms with Gasteiger partial charge in [0.1, 0.15) is 9.72 Å². The standard InChI is InChI=1S/C15H9ClN2O6S/c16-10-8-6-9(19)12(20)11(18(22)23)13(8)25-14(10)24-15(21)17-7-4-2-1-3-5-7/h1-6,19-20H,(H,17,21). The molecule has 0 aliphatic heterocycles. The van der Waals surface area contributed by atoms with Crippen molar-refractivity contribution >= 4 is 50.5 Å². The number of aromatic hydroxyl groups is 2. The van der Waals surface area contributed by atoms with Gasteiger partial charge in [0, 0.05) is 11.1 Å². The van der Waals surface area contributed by atoms with Crippen LogP contribution in [0, 0.1) is 10.1 Å². The second kappa shape index (κ2) is 6.46. The van der Waals surface area contributed by atoms with Crippen LogP contribution in [0.3, 0.4) is 0 Å². The summed E-state index contributed by atoms with van der Waals surface area (Å²) in [4.78, 5) is 22.2. The van der Waals surface area contributed by atoms with E-state index in [0.29, 0.717) is 17.0 Å². The van der Waals surface area contributed by atoms with Crippen molar-refractivity contribution in [3.05, 3.63) is 51.5 Å². The van der Waals surface area contributed by atoms with E-state index >= 15 is 0 Å². The summed E-state index contributed by atoms with van der Waals surface area (Å²) in [6.45, 7) is 0. The number of rotatable bonds is 3. The van der Waals surface area contributed by atoms with Crippen LogP contribution in [0.15, 0.2) is 36.4 Å². The fraction of sp³-hybridized carbons (Fsp3) is 0. The quantitative estimate of drug-likeness (QED) is 0.349. The van der Waals surface area contributed by atoms with Gasteiger partial charge in [0.15, 0.2) is 5.75 Å². The van der Waals surface area contributed by atoms with E-state index in [-0.39, 0.29) is 20.2 Å². The maximum atomic E-state index is 11.9. The molecule has 0 saturated carbocycles. The molecular weight excluding hydrogens is 372 g/mol. The predicted octanol–water partition coefficient (Wildman–Crippen LogP) is 4.49. The smallest absolute Gasteiger partial charge is 0.417 e. The number of anilines is 1. The van der Waals surface area contributed by atoms with Crippen molar-refractivity contribution in [3.63, 3.8) is 0 Å². The maximum Gasteiger partial charge on any atom is 0.417 e. The van der Waals surface area contributed by atoms with Crippen LogP contribution < -0.4 is 10.1 Å². The molecule has 0 unspecified atom stereocenters. The van der Waals surface area contributed by atoms with Gasteiger partial charge < -0.3 is 14.9 Å². The highest BCUT2D eigenvalue weighted by Crippen LogP contribution is 2.51. The van der Waals surface area contributed by atoms with Crippen LogP contribution in [0.5, 0.6) is 16.6 Å². The molecule has 1 amide bonds. The summed E-state index contributed by atoms with van der Waals surface area (Å²) in [5.41, 5.74) is -0.216. The first-order chi connectivity index (χ1) is 11.9. The lowest BCUT2D eigenvalue weighted by Crippen LogP contribution is -2.16. The molecule has 128 valence electrons. The highest BCUT2D eigenvalue weighted by molar-refractivity contribution is 7.22. The fourth-order valence-electron chi connectivity index (χ4n) is 2.12. The van der Waals surface area contributed by atoms with Crippen molar-refractivity contribution < 1.29 is 24.7 Å². The summed E-state index contributed by atoms with van der Waals surface area (Å²) < 4.78 is 5.08. The van der Waals surface area contributed by atoms with Gasteiger partial charge in [0.05, 0.1) is 4.92 Å². The Labute approximate surface area is 149 Å². The predicted molar refractivity (Wildman–Crippen MR) is 92.9 cm³/mol. The molecule has 1 aromatic heterocycles. The van der Waals surface area contributed by atoms with Gasteiger partial charge in [0.2, 0.25) is 10.8 Å². The van der Waals surface area contributed by atoms with E-state index in [4.69, 9.17) is 16.3 Å². The summed E-state index contributed by atoms with van der Waals surface area (Å²) in [6.07, 6.45) is -0.837. The van der Waals surface area contributed by atoms with Gasteiger partial charge in [-0.3, -0.25) is 15.4 Å². The lowest BCUT2D eigenvalue weighted by atomic mass is 10.2. The number of para-hydroxylation sites is 1. The third kappa shape index (κ3) is 3.14. The van der Waals surface area contributed by atoms with E-state index in [9.17, 15) is 25.1 Å². The largest absolute Gasteiger partial charge is 0.504 e. The van der Waals surface area contributed by atoms with Gasteiger partial charge in [-0.15, -0.1) is 0 Å². The van der Waals surface area contributed by atoms with Crippen LogP contribution in [0.2, 0.25) is 5.02 Å². The molecule has 10 heteroatoms. The van der Waals surface area contributed by atoms with Crippen LogP contribution >= 0.6 is 22.9 Å². The Bertz CT molecular complexity index is 989. The number of fused-ring (bicyclic) bond motifs is 1. The number of hydrogen-bond donors (Lipinski definition) is 3. The molecule has 8 nitrogen and oxygen atoms in total. The van der Waals surface area contributed by atoms with E-state index < -0.39 is 28.2 Å². The molecule has 0 radical (unpaired) electrons. The van der Waals surface area contributed by atoms with E-state index in [1.54, 1.807) is 30.3 Å². The van der Waals surface area contributed by atoms with E-state index in [0.717, 1.165) is 6.07 Å². The van der Waals surface area contributed by atoms with Crippen molar-refractivity contribution in [2.24, 2.45) is 0 Å². The van der Waals surface area contributed by atoms with Gasteiger partial charge in [-0.2, -0.15) is 0 Å². The minimum Gasteiger partial charge on any atom is -0.504 e. The minimum atomic E-state index is -0.879. The molecule has 0 fully saturated rings. The van der Waals surface area contributed by atoms with Crippen molar-refractivity contribution in [1.29, 1.82) is 0 Å². The number of nitro groups is 1. The molecule has 2 aromatic carbocycles. The molecular formula is C15H9ClN2O6S. The number of amides is 1. The number of nitrogens with zero attached hydrogens (tertiary/aromatic N) is 1. The Balaban J connectivity index is 1.98. The van der Waals surface area contributed by atoms with Gasteiger partial charge in [-0.25, -0.2) is 4.79 Å². The number of phenolic OH excluding ortho intramolecular Hbond substituents is 2. The normalized spacial score (nSPS) is 10.6. The first kappa shape index (κ1) is 16.8. The van der Waals surface area contributed by atoms with Gasteiger partial charge in [-0.1, -0.05) is 41.1 Å². The van der Waals surface area contributed by atoms with Crippen LogP contribution in [0.25, 0.3) is 10.1 Å².